The molecule has 0 bridgehead atoms. The fraction of sp³-hybridized carbons (Fsp3) is 0.214. The first-order valence-corrected chi connectivity index (χ1v) is 11.0. The Morgan fingerprint density at radius 2 is 1.56 bits per heavy atom. The Hall–Kier alpha value is -3.68. The quantitative estimate of drug-likeness (QED) is 0.405. The van der Waals surface area contributed by atoms with E-state index in [4.69, 9.17) is 15.0 Å². The number of nitriles is 1. The Labute approximate surface area is 188 Å². The van der Waals surface area contributed by atoms with Crippen molar-refractivity contribution in [3.05, 3.63) is 84.6 Å². The van der Waals surface area contributed by atoms with Crippen molar-refractivity contribution in [1.82, 2.24) is 4.98 Å². The third-order valence-electron chi connectivity index (χ3n) is 6.02. The number of fused-ring (bicyclic) bond motifs is 1. The van der Waals surface area contributed by atoms with Gasteiger partial charge < -0.3 is 9.64 Å². The summed E-state index contributed by atoms with van der Waals surface area (Å²) in [7, 11) is 0. The summed E-state index contributed by atoms with van der Waals surface area (Å²) >= 11 is 0. The largest absolute Gasteiger partial charge is 0.372 e. The number of nitrogens with zero attached hydrogens (tertiary/aromatic N) is 3. The van der Waals surface area contributed by atoms with Crippen LogP contribution < -0.4 is 4.90 Å². The summed E-state index contributed by atoms with van der Waals surface area (Å²) in [6.45, 7) is 6.09. The van der Waals surface area contributed by atoms with Gasteiger partial charge in [0, 0.05) is 41.5 Å². The fourth-order valence-corrected chi connectivity index (χ4v) is 4.53. The maximum atomic E-state index is 9.05. The van der Waals surface area contributed by atoms with Crippen molar-refractivity contribution in [3.63, 3.8) is 0 Å². The van der Waals surface area contributed by atoms with Gasteiger partial charge in [-0.15, -0.1) is 0 Å². The predicted molar refractivity (Wildman–Crippen MR) is 130 cm³/mol. The van der Waals surface area contributed by atoms with Gasteiger partial charge in [0.25, 0.3) is 0 Å². The van der Waals surface area contributed by atoms with Crippen molar-refractivity contribution in [1.29, 1.82) is 5.26 Å². The molecule has 0 radical (unpaired) electrons. The van der Waals surface area contributed by atoms with Crippen LogP contribution in [0.25, 0.3) is 33.2 Å². The number of hydrogen-bond acceptors (Lipinski definition) is 4. The lowest BCUT2D eigenvalue weighted by atomic mass is 9.99. The molecule has 1 aliphatic heterocycles. The number of para-hydroxylation sites is 1. The molecule has 0 amide bonds. The van der Waals surface area contributed by atoms with E-state index in [9.17, 15) is 0 Å². The summed E-state index contributed by atoms with van der Waals surface area (Å²) in [4.78, 5) is 7.21. The zero-order valence-electron chi connectivity index (χ0n) is 18.3. The van der Waals surface area contributed by atoms with E-state index in [0.717, 1.165) is 46.2 Å². The molecular formula is C28H25N3O. The molecule has 0 aliphatic carbocycles. The molecule has 5 rings (SSSR count). The molecule has 2 heterocycles. The van der Waals surface area contributed by atoms with Gasteiger partial charge in [-0.3, -0.25) is 4.98 Å². The minimum absolute atomic E-state index is 0.244. The van der Waals surface area contributed by atoms with Crippen LogP contribution in [0.2, 0.25) is 0 Å². The number of pyridine rings is 1. The van der Waals surface area contributed by atoms with Gasteiger partial charge in [-0.2, -0.15) is 5.26 Å². The highest BCUT2D eigenvalue weighted by molar-refractivity contribution is 5.95. The van der Waals surface area contributed by atoms with Crippen molar-refractivity contribution < 1.29 is 4.74 Å². The third kappa shape index (κ3) is 3.95. The molecule has 1 saturated heterocycles. The average molecular weight is 420 g/mol. The number of hydrogen-bond donors (Lipinski definition) is 0. The molecule has 0 saturated carbocycles. The SMILES string of the molecule is C[C@@H]1CN(c2ccc(-c3cnc4c(-c5ccc(C#N)cc5)cccc4c3)cc2)C[C@H](C)O1. The number of aromatic nitrogens is 1. The summed E-state index contributed by atoms with van der Waals surface area (Å²) in [5.74, 6) is 0. The molecule has 158 valence electrons. The molecule has 0 N–H and O–H groups in total. The Morgan fingerprint density at radius 1 is 0.875 bits per heavy atom. The number of benzene rings is 3. The van der Waals surface area contributed by atoms with E-state index in [-0.39, 0.29) is 12.2 Å². The van der Waals surface area contributed by atoms with E-state index in [1.165, 1.54) is 5.69 Å². The van der Waals surface area contributed by atoms with Crippen molar-refractivity contribution in [3.8, 4) is 28.3 Å². The first kappa shape index (κ1) is 20.2. The molecule has 4 nitrogen and oxygen atoms in total. The molecule has 1 aromatic heterocycles. The average Bonchev–Trinajstić information content (AvgIpc) is 2.83. The summed E-state index contributed by atoms with van der Waals surface area (Å²) in [6.07, 6.45) is 2.44. The zero-order valence-corrected chi connectivity index (χ0v) is 18.3. The van der Waals surface area contributed by atoms with E-state index in [2.05, 4.69) is 73.3 Å². The second-order valence-corrected chi connectivity index (χ2v) is 8.50. The lowest BCUT2D eigenvalue weighted by Crippen LogP contribution is -2.45. The van der Waals surface area contributed by atoms with Crippen LogP contribution in [0.5, 0.6) is 0 Å². The molecule has 1 aliphatic rings. The monoisotopic (exact) mass is 419 g/mol. The van der Waals surface area contributed by atoms with E-state index in [1.807, 2.05) is 30.5 Å². The summed E-state index contributed by atoms with van der Waals surface area (Å²) in [6, 6.07) is 27.0. The van der Waals surface area contributed by atoms with Crippen LogP contribution in [0, 0.1) is 11.3 Å². The molecule has 2 atom stereocenters. The van der Waals surface area contributed by atoms with Crippen LogP contribution in [0.1, 0.15) is 19.4 Å². The minimum Gasteiger partial charge on any atom is -0.372 e. The molecule has 0 unspecified atom stereocenters. The van der Waals surface area contributed by atoms with E-state index < -0.39 is 0 Å². The Balaban J connectivity index is 1.44. The molecule has 32 heavy (non-hydrogen) atoms. The molecule has 0 spiro atoms. The summed E-state index contributed by atoms with van der Waals surface area (Å²) in [5, 5.41) is 10.2. The van der Waals surface area contributed by atoms with Crippen LogP contribution in [-0.4, -0.2) is 30.3 Å². The molecule has 3 aromatic carbocycles. The highest BCUT2D eigenvalue weighted by Crippen LogP contribution is 2.31. The van der Waals surface area contributed by atoms with Gasteiger partial charge >= 0.3 is 0 Å². The summed E-state index contributed by atoms with van der Waals surface area (Å²) in [5.41, 5.74) is 7.25. The van der Waals surface area contributed by atoms with Gasteiger partial charge in [0.2, 0.25) is 0 Å². The number of rotatable bonds is 3. The zero-order chi connectivity index (χ0) is 22.1. The van der Waals surface area contributed by atoms with Crippen molar-refractivity contribution in [2.45, 2.75) is 26.1 Å². The third-order valence-corrected chi connectivity index (χ3v) is 6.02. The van der Waals surface area contributed by atoms with Crippen molar-refractivity contribution >= 4 is 16.6 Å². The number of morpholine rings is 1. The standard InChI is InChI=1S/C28H25N3O/c1-19-17-31(18-20(2)32-19)26-12-10-22(11-13-26)25-14-24-4-3-5-27(28(24)30-16-25)23-8-6-21(15-29)7-9-23/h3-14,16,19-20H,17-18H2,1-2H3/t19-,20+. The normalized spacial score (nSPS) is 18.5. The summed E-state index contributed by atoms with van der Waals surface area (Å²) < 4.78 is 5.86. The van der Waals surface area contributed by atoms with Crippen LogP contribution in [-0.2, 0) is 4.74 Å². The van der Waals surface area contributed by atoms with Crippen LogP contribution in [0.3, 0.4) is 0 Å². The van der Waals surface area contributed by atoms with Crippen LogP contribution in [0.4, 0.5) is 5.69 Å². The second kappa shape index (κ2) is 8.45. The molecule has 4 heteroatoms. The lowest BCUT2D eigenvalue weighted by Gasteiger charge is -2.36. The predicted octanol–water partition coefficient (Wildman–Crippen LogP) is 6.05. The van der Waals surface area contributed by atoms with E-state index >= 15 is 0 Å². The molecule has 1 fully saturated rings. The van der Waals surface area contributed by atoms with Gasteiger partial charge in [0.05, 0.1) is 29.4 Å². The van der Waals surface area contributed by atoms with Gasteiger partial charge in [-0.25, -0.2) is 0 Å². The smallest absolute Gasteiger partial charge is 0.0991 e. The highest BCUT2D eigenvalue weighted by Gasteiger charge is 2.22. The molecule has 4 aromatic rings. The topological polar surface area (TPSA) is 49.2 Å². The number of ether oxygens (including phenoxy) is 1. The van der Waals surface area contributed by atoms with Gasteiger partial charge in [0.1, 0.15) is 0 Å². The van der Waals surface area contributed by atoms with Gasteiger partial charge in [-0.1, -0.05) is 42.5 Å². The Kier molecular flexibility index (Phi) is 5.34. The number of anilines is 1. The van der Waals surface area contributed by atoms with Crippen molar-refractivity contribution in [2.24, 2.45) is 0 Å². The first-order chi connectivity index (χ1) is 15.6. The Bertz CT molecular complexity index is 1280. The highest BCUT2D eigenvalue weighted by atomic mass is 16.5. The van der Waals surface area contributed by atoms with Gasteiger partial charge in [0.15, 0.2) is 0 Å². The van der Waals surface area contributed by atoms with Crippen molar-refractivity contribution in [2.75, 3.05) is 18.0 Å². The van der Waals surface area contributed by atoms with Crippen LogP contribution >= 0.6 is 0 Å². The van der Waals surface area contributed by atoms with E-state index in [0.29, 0.717) is 5.56 Å². The maximum absolute atomic E-state index is 9.05. The van der Waals surface area contributed by atoms with E-state index in [1.54, 1.807) is 0 Å². The fourth-order valence-electron chi connectivity index (χ4n) is 4.53. The van der Waals surface area contributed by atoms with Crippen LogP contribution in [0.15, 0.2) is 79.0 Å². The minimum atomic E-state index is 0.244. The lowest BCUT2D eigenvalue weighted by molar-refractivity contribution is -0.00521. The Morgan fingerprint density at radius 3 is 2.25 bits per heavy atom. The second-order valence-electron chi connectivity index (χ2n) is 8.50. The molecular weight excluding hydrogens is 394 g/mol. The van der Waals surface area contributed by atoms with Gasteiger partial charge in [-0.05, 0) is 55.3 Å². The maximum Gasteiger partial charge on any atom is 0.0991 e. The first-order valence-electron chi connectivity index (χ1n) is 11.0.